The van der Waals surface area contributed by atoms with Gasteiger partial charge in [-0.1, -0.05) is 0 Å². The molecule has 0 saturated carbocycles. The third kappa shape index (κ3) is 9.18. The molecule has 0 aliphatic rings. The predicted octanol–water partition coefficient (Wildman–Crippen LogP) is 1.04. The highest BCUT2D eigenvalue weighted by Gasteiger charge is 2.11. The summed E-state index contributed by atoms with van der Waals surface area (Å²) in [6.45, 7) is 4.12. The van der Waals surface area contributed by atoms with E-state index in [-0.39, 0.29) is 6.61 Å². The molecule has 2 aromatic heterocycles. The molecule has 0 atom stereocenters. The molecule has 150 valence electrons. The van der Waals surface area contributed by atoms with Gasteiger partial charge in [0.25, 0.3) is 5.88 Å². The predicted molar refractivity (Wildman–Crippen MR) is 99.0 cm³/mol. The van der Waals surface area contributed by atoms with Crippen molar-refractivity contribution in [2.45, 2.75) is 0 Å². The first-order valence-electron chi connectivity index (χ1n) is 8.69. The van der Waals surface area contributed by atoms with Crippen molar-refractivity contribution in [1.82, 2.24) is 13.7 Å². The van der Waals surface area contributed by atoms with E-state index in [1.807, 2.05) is 12.1 Å². The quantitative estimate of drug-likeness (QED) is 0.414. The molecule has 0 radical (unpaired) electrons. The molecule has 1 N–H and O–H groups in total. The first-order valence-corrected chi connectivity index (χ1v) is 9.42. The maximum Gasteiger partial charge on any atom is 0.254 e. The van der Waals surface area contributed by atoms with E-state index in [0.29, 0.717) is 71.0 Å². The second-order valence-corrected chi connectivity index (χ2v) is 5.71. The lowest BCUT2D eigenvalue weighted by atomic mass is 10.2. The average Bonchev–Trinajstić information content (AvgIpc) is 3.17. The highest BCUT2D eigenvalue weighted by Crippen LogP contribution is 2.26. The Bertz CT molecular complexity index is 601. The van der Waals surface area contributed by atoms with Crippen LogP contribution in [-0.4, -0.2) is 84.9 Å². The van der Waals surface area contributed by atoms with Crippen LogP contribution in [0.1, 0.15) is 0 Å². The van der Waals surface area contributed by atoms with Gasteiger partial charge in [-0.2, -0.15) is 4.37 Å². The minimum atomic E-state index is 0.0283. The van der Waals surface area contributed by atoms with E-state index < -0.39 is 0 Å². The van der Waals surface area contributed by atoms with Gasteiger partial charge in [-0.25, -0.2) is 0 Å². The van der Waals surface area contributed by atoms with Crippen LogP contribution in [0.2, 0.25) is 0 Å². The highest BCUT2D eigenvalue weighted by molar-refractivity contribution is 6.99. The Morgan fingerprint density at radius 3 is 2.04 bits per heavy atom. The summed E-state index contributed by atoms with van der Waals surface area (Å²) in [5.74, 6) is 0.493. The molecule has 2 heterocycles. The van der Waals surface area contributed by atoms with Crippen LogP contribution in [0, 0.1) is 0 Å². The van der Waals surface area contributed by atoms with E-state index in [1.54, 1.807) is 12.4 Å². The monoisotopic (exact) mass is 399 g/mol. The van der Waals surface area contributed by atoms with Crippen molar-refractivity contribution in [3.05, 3.63) is 24.5 Å². The molecular formula is C17H25N3O6S. The van der Waals surface area contributed by atoms with Gasteiger partial charge < -0.3 is 28.8 Å². The lowest BCUT2D eigenvalue weighted by Gasteiger charge is -2.08. The largest absolute Gasteiger partial charge is 0.473 e. The van der Waals surface area contributed by atoms with Crippen LogP contribution in [0.25, 0.3) is 11.3 Å². The number of aliphatic hydroxyl groups excluding tert-OH is 1. The summed E-state index contributed by atoms with van der Waals surface area (Å²) in [6.07, 6.45) is 3.43. The van der Waals surface area contributed by atoms with Crippen molar-refractivity contribution in [2.24, 2.45) is 0 Å². The van der Waals surface area contributed by atoms with Gasteiger partial charge in [-0.05, 0) is 12.1 Å². The molecule has 0 aliphatic carbocycles. The maximum absolute atomic E-state index is 8.54. The number of nitrogens with zero attached hydrogens (tertiary/aromatic N) is 3. The van der Waals surface area contributed by atoms with E-state index >= 15 is 0 Å². The number of ether oxygens (including phenoxy) is 5. The number of aromatic nitrogens is 3. The Balaban J connectivity index is 1.43. The Labute approximate surface area is 162 Å². The minimum absolute atomic E-state index is 0.0283. The van der Waals surface area contributed by atoms with Gasteiger partial charge >= 0.3 is 0 Å². The summed E-state index contributed by atoms with van der Waals surface area (Å²) in [4.78, 5) is 4.07. The smallest absolute Gasteiger partial charge is 0.254 e. The van der Waals surface area contributed by atoms with Gasteiger partial charge in [0.05, 0.1) is 71.2 Å². The number of hydrogen-bond acceptors (Lipinski definition) is 10. The van der Waals surface area contributed by atoms with Gasteiger partial charge in [0.15, 0.2) is 0 Å². The standard InChI is InChI=1S/C17H25N3O6S/c21-4-5-22-6-7-23-8-9-24-10-11-25-12-13-26-17-16(19-27-20-17)15-2-1-3-18-14-15/h1-3,14,21H,4-13H2. The number of pyridine rings is 1. The second kappa shape index (κ2) is 14.4. The third-order valence-corrected chi connectivity index (χ3v) is 3.72. The summed E-state index contributed by atoms with van der Waals surface area (Å²) < 4.78 is 35.3. The molecule has 0 aromatic carbocycles. The van der Waals surface area contributed by atoms with Crippen LogP contribution in [0.4, 0.5) is 0 Å². The lowest BCUT2D eigenvalue weighted by molar-refractivity contribution is -0.00786. The first-order chi connectivity index (χ1) is 13.4. The van der Waals surface area contributed by atoms with E-state index in [0.717, 1.165) is 17.3 Å². The Morgan fingerprint density at radius 1 is 0.815 bits per heavy atom. The molecule has 10 heteroatoms. The van der Waals surface area contributed by atoms with Crippen molar-refractivity contribution in [3.63, 3.8) is 0 Å². The van der Waals surface area contributed by atoms with Crippen molar-refractivity contribution in [1.29, 1.82) is 0 Å². The summed E-state index contributed by atoms with van der Waals surface area (Å²) >= 11 is 1.10. The average molecular weight is 399 g/mol. The topological polar surface area (TPSA) is 105 Å². The zero-order valence-corrected chi connectivity index (χ0v) is 15.9. The molecule has 27 heavy (non-hydrogen) atoms. The van der Waals surface area contributed by atoms with E-state index in [9.17, 15) is 0 Å². The van der Waals surface area contributed by atoms with Crippen molar-refractivity contribution < 1.29 is 28.8 Å². The summed E-state index contributed by atoms with van der Waals surface area (Å²) in [6, 6.07) is 3.76. The van der Waals surface area contributed by atoms with Crippen molar-refractivity contribution >= 4 is 11.7 Å². The van der Waals surface area contributed by atoms with Gasteiger partial charge in [0.1, 0.15) is 12.3 Å². The van der Waals surface area contributed by atoms with Gasteiger partial charge in [-0.15, -0.1) is 4.37 Å². The number of rotatable bonds is 16. The summed E-state index contributed by atoms with van der Waals surface area (Å²) in [5, 5.41) is 8.54. The molecule has 0 amide bonds. The van der Waals surface area contributed by atoms with Crippen LogP contribution >= 0.6 is 11.7 Å². The highest BCUT2D eigenvalue weighted by atomic mass is 32.1. The molecule has 0 aliphatic heterocycles. The second-order valence-electron chi connectivity index (χ2n) is 5.18. The maximum atomic E-state index is 8.54. The first kappa shape index (κ1) is 21.6. The molecule has 2 rings (SSSR count). The van der Waals surface area contributed by atoms with Crippen LogP contribution in [0.15, 0.2) is 24.5 Å². The van der Waals surface area contributed by atoms with Gasteiger partial charge in [-0.3, -0.25) is 4.98 Å². The summed E-state index contributed by atoms with van der Waals surface area (Å²) in [5.41, 5.74) is 1.57. The number of aliphatic hydroxyl groups is 1. The third-order valence-electron chi connectivity index (χ3n) is 3.21. The fraction of sp³-hybridized carbons (Fsp3) is 0.588. The SMILES string of the molecule is OCCOCCOCCOCCOCCOc1nsnc1-c1cccnc1. The Morgan fingerprint density at radius 2 is 1.44 bits per heavy atom. The molecule has 0 saturated heterocycles. The van der Waals surface area contributed by atoms with Crippen molar-refractivity contribution in [2.75, 3.05) is 66.1 Å². The lowest BCUT2D eigenvalue weighted by Crippen LogP contribution is -2.14. The van der Waals surface area contributed by atoms with E-state index in [1.165, 1.54) is 0 Å². The Hall–Kier alpha value is -1.69. The van der Waals surface area contributed by atoms with E-state index in [4.69, 9.17) is 28.8 Å². The molecule has 0 fully saturated rings. The van der Waals surface area contributed by atoms with Crippen molar-refractivity contribution in [3.8, 4) is 17.1 Å². The van der Waals surface area contributed by atoms with Crippen LogP contribution in [0.3, 0.4) is 0 Å². The molecule has 0 spiro atoms. The van der Waals surface area contributed by atoms with Gasteiger partial charge in [0, 0.05) is 18.0 Å². The zero-order valence-electron chi connectivity index (χ0n) is 15.1. The minimum Gasteiger partial charge on any atom is -0.473 e. The molecule has 9 nitrogen and oxygen atoms in total. The number of hydrogen-bond donors (Lipinski definition) is 1. The fourth-order valence-electron chi connectivity index (χ4n) is 1.98. The fourth-order valence-corrected chi connectivity index (χ4v) is 2.50. The molecular weight excluding hydrogens is 374 g/mol. The van der Waals surface area contributed by atoms with Crippen LogP contribution < -0.4 is 4.74 Å². The molecule has 0 unspecified atom stereocenters. The molecule has 2 aromatic rings. The zero-order chi connectivity index (χ0) is 19.0. The van der Waals surface area contributed by atoms with Crippen LogP contribution in [0.5, 0.6) is 5.88 Å². The van der Waals surface area contributed by atoms with Gasteiger partial charge in [0.2, 0.25) is 0 Å². The Kier molecular flexibility index (Phi) is 11.5. The van der Waals surface area contributed by atoms with E-state index in [2.05, 4.69) is 13.7 Å². The molecule has 0 bridgehead atoms. The van der Waals surface area contributed by atoms with Crippen LogP contribution in [-0.2, 0) is 18.9 Å². The normalized spacial score (nSPS) is 11.0. The summed E-state index contributed by atoms with van der Waals surface area (Å²) in [7, 11) is 0.